The number of nitrogens with zero attached hydrogens (tertiary/aromatic N) is 4. The number of ether oxygens (including phenoxy) is 6. The summed E-state index contributed by atoms with van der Waals surface area (Å²) in [5.41, 5.74) is 4.06. The normalized spacial score (nSPS) is 10.6. The zero-order valence-corrected chi connectivity index (χ0v) is 26.9. The second kappa shape index (κ2) is 14.6. The third-order valence-corrected chi connectivity index (χ3v) is 7.62. The Labute approximate surface area is 261 Å². The Morgan fingerprint density at radius 1 is 0.727 bits per heavy atom. The number of aromatic nitrogens is 3. The van der Waals surface area contributed by atoms with Crippen LogP contribution in [0, 0.1) is 6.92 Å². The molecule has 3 aromatic carbocycles. The number of carbonyl (C=O) groups is 1. The van der Waals surface area contributed by atoms with E-state index in [1.807, 2.05) is 38.1 Å². The molecule has 4 rings (SSSR count). The van der Waals surface area contributed by atoms with E-state index < -0.39 is 0 Å². The van der Waals surface area contributed by atoms with Gasteiger partial charge in [0.1, 0.15) is 11.4 Å². The van der Waals surface area contributed by atoms with Gasteiger partial charge in [-0.2, -0.15) is 0 Å². The van der Waals surface area contributed by atoms with Crippen molar-refractivity contribution in [2.45, 2.75) is 19.0 Å². The molecule has 11 nitrogen and oxygen atoms in total. The maximum Gasteiger partial charge on any atom is 0.237 e. The lowest BCUT2D eigenvalue weighted by Crippen LogP contribution is -2.32. The zero-order valence-electron chi connectivity index (χ0n) is 26.1. The summed E-state index contributed by atoms with van der Waals surface area (Å²) in [6.07, 6.45) is 0. The molecule has 0 atom stereocenters. The van der Waals surface area contributed by atoms with Crippen LogP contribution < -0.4 is 33.3 Å². The topological polar surface area (TPSA) is 114 Å². The monoisotopic (exact) mass is 620 g/mol. The lowest BCUT2D eigenvalue weighted by atomic mass is 10.0. The number of hydrogen-bond donors (Lipinski definition) is 0. The first kappa shape index (κ1) is 32.2. The van der Waals surface area contributed by atoms with E-state index in [4.69, 9.17) is 33.4 Å². The molecule has 0 aliphatic carbocycles. The van der Waals surface area contributed by atoms with Crippen LogP contribution in [0.5, 0.6) is 34.5 Å². The highest BCUT2D eigenvalue weighted by molar-refractivity contribution is 7.99. The molecule has 4 aromatic rings. The maximum atomic E-state index is 13.3. The van der Waals surface area contributed by atoms with Crippen LogP contribution in [0.4, 0.5) is 5.69 Å². The van der Waals surface area contributed by atoms with E-state index in [-0.39, 0.29) is 11.7 Å². The number of carbonyl (C=O) groups excluding carboxylic acids is 1. The molecule has 0 N–H and O–H groups in total. The van der Waals surface area contributed by atoms with E-state index in [1.54, 1.807) is 43.4 Å². The first-order valence-electron chi connectivity index (χ1n) is 13.7. The van der Waals surface area contributed by atoms with E-state index in [9.17, 15) is 4.79 Å². The number of benzene rings is 3. The molecule has 0 fully saturated rings. The van der Waals surface area contributed by atoms with Crippen LogP contribution in [0.1, 0.15) is 12.5 Å². The van der Waals surface area contributed by atoms with Crippen LogP contribution in [0.25, 0.3) is 22.5 Å². The number of rotatable bonds is 13. The van der Waals surface area contributed by atoms with Crippen molar-refractivity contribution in [1.82, 2.24) is 15.2 Å². The minimum absolute atomic E-state index is 0.0743. The Bertz CT molecular complexity index is 1580. The Balaban J connectivity index is 1.81. The van der Waals surface area contributed by atoms with Crippen molar-refractivity contribution in [3.63, 3.8) is 0 Å². The Hall–Kier alpha value is -4.71. The molecule has 1 heterocycles. The minimum Gasteiger partial charge on any atom is -0.493 e. The van der Waals surface area contributed by atoms with Crippen LogP contribution >= 0.6 is 11.8 Å². The van der Waals surface area contributed by atoms with Gasteiger partial charge in [-0.15, -0.1) is 10.2 Å². The van der Waals surface area contributed by atoms with Crippen molar-refractivity contribution in [3.05, 3.63) is 54.1 Å². The van der Waals surface area contributed by atoms with E-state index in [1.165, 1.54) is 40.2 Å². The molecular weight excluding hydrogens is 584 g/mol. The van der Waals surface area contributed by atoms with Gasteiger partial charge in [0, 0.05) is 23.4 Å². The molecule has 0 aliphatic heterocycles. The third kappa shape index (κ3) is 6.75. The highest BCUT2D eigenvalue weighted by atomic mass is 32.2. The second-order valence-corrected chi connectivity index (χ2v) is 10.3. The second-order valence-electron chi connectivity index (χ2n) is 9.39. The summed E-state index contributed by atoms with van der Waals surface area (Å²) in [7, 11) is 9.24. The van der Waals surface area contributed by atoms with Crippen LogP contribution in [0.15, 0.2) is 53.7 Å². The van der Waals surface area contributed by atoms with Crippen LogP contribution in [-0.2, 0) is 4.79 Å². The highest BCUT2D eigenvalue weighted by Gasteiger charge is 2.23. The molecule has 44 heavy (non-hydrogen) atoms. The first-order valence-corrected chi connectivity index (χ1v) is 14.7. The fourth-order valence-corrected chi connectivity index (χ4v) is 5.37. The van der Waals surface area contributed by atoms with E-state index in [0.717, 1.165) is 11.3 Å². The molecule has 0 aliphatic rings. The predicted molar refractivity (Wildman–Crippen MR) is 170 cm³/mol. The standard InChI is InChI=1S/C32H36N4O7S/c1-9-36(22-12-10-11-19(2)13-22)27(37)18-44-32-33-28(20-14-23(38-3)30(42-7)24(15-20)39-4)29(34-35-32)21-16-25(40-5)31(43-8)26(17-21)41-6/h10-17H,9,18H2,1-8H3. The molecule has 0 saturated heterocycles. The molecule has 12 heteroatoms. The predicted octanol–water partition coefficient (Wildman–Crippen LogP) is 5.71. The van der Waals surface area contributed by atoms with Gasteiger partial charge in [-0.1, -0.05) is 23.9 Å². The molecule has 1 amide bonds. The number of methoxy groups -OCH3 is 6. The summed E-state index contributed by atoms with van der Waals surface area (Å²) >= 11 is 1.20. The summed E-state index contributed by atoms with van der Waals surface area (Å²) in [6, 6.07) is 14.9. The van der Waals surface area contributed by atoms with E-state index in [2.05, 4.69) is 10.2 Å². The van der Waals surface area contributed by atoms with Crippen LogP contribution in [0.3, 0.4) is 0 Å². The van der Waals surface area contributed by atoms with E-state index >= 15 is 0 Å². The molecule has 0 unspecified atom stereocenters. The lowest BCUT2D eigenvalue weighted by molar-refractivity contribution is -0.116. The van der Waals surface area contributed by atoms with Crippen molar-refractivity contribution in [2.75, 3.05) is 59.9 Å². The van der Waals surface area contributed by atoms with Gasteiger partial charge < -0.3 is 33.3 Å². The number of hydrogen-bond acceptors (Lipinski definition) is 11. The van der Waals surface area contributed by atoms with Crippen molar-refractivity contribution >= 4 is 23.4 Å². The average Bonchev–Trinajstić information content (AvgIpc) is 3.06. The molecular formula is C32H36N4O7S. The van der Waals surface area contributed by atoms with E-state index in [0.29, 0.717) is 68.7 Å². The summed E-state index contributed by atoms with van der Waals surface area (Å²) in [5.74, 6) is 2.69. The fourth-order valence-electron chi connectivity index (χ4n) is 4.71. The van der Waals surface area contributed by atoms with Crippen LogP contribution in [-0.4, -0.2) is 76.0 Å². The number of amides is 1. The summed E-state index contributed by atoms with van der Waals surface area (Å²) in [4.78, 5) is 19.9. The van der Waals surface area contributed by atoms with Crippen LogP contribution in [0.2, 0.25) is 0 Å². The highest BCUT2D eigenvalue weighted by Crippen LogP contribution is 2.45. The minimum atomic E-state index is -0.0743. The Kier molecular flexibility index (Phi) is 10.7. The number of thioether (sulfide) groups is 1. The maximum absolute atomic E-state index is 13.3. The van der Waals surface area contributed by atoms with Gasteiger partial charge in [0.15, 0.2) is 23.0 Å². The molecule has 232 valence electrons. The lowest BCUT2D eigenvalue weighted by Gasteiger charge is -2.21. The molecule has 0 radical (unpaired) electrons. The van der Waals surface area contributed by atoms with Crippen molar-refractivity contribution in [2.24, 2.45) is 0 Å². The van der Waals surface area contributed by atoms with Gasteiger partial charge >= 0.3 is 0 Å². The van der Waals surface area contributed by atoms with Gasteiger partial charge in [-0.05, 0) is 55.8 Å². The molecule has 0 bridgehead atoms. The summed E-state index contributed by atoms with van der Waals surface area (Å²) in [5, 5.41) is 9.28. The largest absolute Gasteiger partial charge is 0.493 e. The quantitative estimate of drug-likeness (QED) is 0.171. The Morgan fingerprint density at radius 2 is 1.25 bits per heavy atom. The third-order valence-electron chi connectivity index (χ3n) is 6.80. The smallest absolute Gasteiger partial charge is 0.237 e. The van der Waals surface area contributed by atoms with Gasteiger partial charge in [0.25, 0.3) is 0 Å². The summed E-state index contributed by atoms with van der Waals surface area (Å²) in [6.45, 7) is 4.47. The van der Waals surface area contributed by atoms with Crippen molar-refractivity contribution in [3.8, 4) is 57.0 Å². The first-order chi connectivity index (χ1) is 21.3. The van der Waals surface area contributed by atoms with Crippen molar-refractivity contribution in [1.29, 1.82) is 0 Å². The van der Waals surface area contributed by atoms with Gasteiger partial charge in [-0.3, -0.25) is 4.79 Å². The molecule has 0 spiro atoms. The van der Waals surface area contributed by atoms with Gasteiger partial charge in [-0.25, -0.2) is 4.98 Å². The number of aryl methyl sites for hydroxylation is 1. The van der Waals surface area contributed by atoms with Gasteiger partial charge in [0.2, 0.25) is 22.6 Å². The summed E-state index contributed by atoms with van der Waals surface area (Å²) < 4.78 is 33.4. The SMILES string of the molecule is CCN(C(=O)CSc1nnc(-c2cc(OC)c(OC)c(OC)c2)c(-c2cc(OC)c(OC)c(OC)c2)n1)c1cccc(C)c1. The average molecular weight is 621 g/mol. The zero-order chi connectivity index (χ0) is 31.8. The fraction of sp³-hybridized carbons (Fsp3) is 0.312. The number of anilines is 1. The van der Waals surface area contributed by atoms with Crippen molar-refractivity contribution < 1.29 is 33.2 Å². The molecule has 1 aromatic heterocycles. The van der Waals surface area contributed by atoms with Gasteiger partial charge in [0.05, 0.1) is 48.4 Å². The molecule has 0 saturated carbocycles. The Morgan fingerprint density at radius 3 is 1.70 bits per heavy atom.